The van der Waals surface area contributed by atoms with Gasteiger partial charge in [-0.25, -0.2) is 5.11 Å². The van der Waals surface area contributed by atoms with Crippen molar-refractivity contribution in [1.82, 2.24) is 0 Å². The average Bonchev–Trinajstić information content (AvgIpc) is 2.23. The lowest BCUT2D eigenvalue weighted by Gasteiger charge is -2.25. The second-order valence-electron chi connectivity index (χ2n) is 3.69. The summed E-state index contributed by atoms with van der Waals surface area (Å²) in [5.74, 6) is 0. The highest BCUT2D eigenvalue weighted by molar-refractivity contribution is 6.68. The number of halogens is 9. The molecule has 0 saturated heterocycles. The Kier molecular flexibility index (Phi) is 6.67. The van der Waals surface area contributed by atoms with Crippen LogP contribution in [-0.4, -0.2) is 0 Å². The normalized spacial score (nSPS) is 13.7. The molecule has 113 valence electrons. The molecular formula is C10H4Cl9O. The molecule has 0 fully saturated rings. The Morgan fingerprint density at radius 3 is 1.25 bits per heavy atom. The lowest BCUT2D eigenvalue weighted by molar-refractivity contribution is 0.176. The molecule has 1 nitrogen and oxygen atoms in total. The zero-order valence-electron chi connectivity index (χ0n) is 9.17. The summed E-state index contributed by atoms with van der Waals surface area (Å²) in [5, 5.41) is 11.4. The molecule has 0 bridgehead atoms. The van der Waals surface area contributed by atoms with Crippen molar-refractivity contribution in [2.24, 2.45) is 0 Å². The standard InChI is InChI=1S/C10H4Cl9O/c11-8(12,13)4-1-6(9(14,15)16)5(3-20)7(2-4)10(17,18)19/h1-2H,3H2. The summed E-state index contributed by atoms with van der Waals surface area (Å²) in [6, 6.07) is 2.57. The van der Waals surface area contributed by atoms with E-state index >= 15 is 0 Å². The minimum Gasteiger partial charge on any atom is -0.232 e. The Balaban J connectivity index is 3.75. The van der Waals surface area contributed by atoms with E-state index in [9.17, 15) is 5.11 Å². The third-order valence-electron chi connectivity index (χ3n) is 2.33. The van der Waals surface area contributed by atoms with Crippen molar-refractivity contribution in [3.8, 4) is 0 Å². The third-order valence-corrected chi connectivity index (χ3v) is 4.21. The fourth-order valence-electron chi connectivity index (χ4n) is 1.50. The van der Waals surface area contributed by atoms with Gasteiger partial charge >= 0.3 is 0 Å². The number of benzene rings is 1. The van der Waals surface area contributed by atoms with Crippen molar-refractivity contribution in [2.45, 2.75) is 18.0 Å². The van der Waals surface area contributed by atoms with E-state index in [0.29, 0.717) is 0 Å². The highest BCUT2D eigenvalue weighted by Crippen LogP contribution is 2.50. The maximum absolute atomic E-state index is 11.4. The smallest absolute Gasteiger partial charge is 0.216 e. The molecule has 10 heteroatoms. The van der Waals surface area contributed by atoms with E-state index in [4.69, 9.17) is 104 Å². The van der Waals surface area contributed by atoms with Crippen molar-refractivity contribution in [3.63, 3.8) is 0 Å². The number of hydrogen-bond acceptors (Lipinski definition) is 0. The Morgan fingerprint density at radius 2 is 1.05 bits per heavy atom. The maximum Gasteiger partial charge on any atom is 0.216 e. The van der Waals surface area contributed by atoms with Gasteiger partial charge in [-0.05, 0) is 17.7 Å². The first-order valence-corrected chi connectivity index (χ1v) is 8.15. The summed E-state index contributed by atoms with van der Waals surface area (Å²) >= 11 is 52.3. The summed E-state index contributed by atoms with van der Waals surface area (Å²) in [4.78, 5) is 0. The van der Waals surface area contributed by atoms with Gasteiger partial charge in [-0.3, -0.25) is 0 Å². The molecule has 1 aromatic rings. The van der Waals surface area contributed by atoms with E-state index in [1.54, 1.807) is 0 Å². The molecule has 1 radical (unpaired) electrons. The van der Waals surface area contributed by atoms with Crippen molar-refractivity contribution in [2.75, 3.05) is 0 Å². The second-order valence-corrected chi connectivity index (χ2v) is 10.5. The van der Waals surface area contributed by atoms with E-state index in [1.165, 1.54) is 12.1 Å². The predicted octanol–water partition coefficient (Wildman–Crippen LogP) is 7.10. The zero-order valence-corrected chi connectivity index (χ0v) is 16.0. The maximum atomic E-state index is 11.4. The van der Waals surface area contributed by atoms with Gasteiger partial charge in [0.1, 0.15) is 6.61 Å². The number of hydrogen-bond donors (Lipinski definition) is 0. The molecule has 0 aliphatic carbocycles. The quantitative estimate of drug-likeness (QED) is 0.400. The van der Waals surface area contributed by atoms with Crippen LogP contribution in [0.1, 0.15) is 22.3 Å². The van der Waals surface area contributed by atoms with Gasteiger partial charge in [0.15, 0.2) is 0 Å². The van der Waals surface area contributed by atoms with E-state index in [2.05, 4.69) is 0 Å². The molecule has 0 aliphatic heterocycles. The minimum atomic E-state index is -1.93. The Hall–Kier alpha value is 1.79. The minimum absolute atomic E-state index is 0.00245. The summed E-state index contributed by atoms with van der Waals surface area (Å²) in [6.45, 7) is -0.771. The Morgan fingerprint density at radius 1 is 0.700 bits per heavy atom. The van der Waals surface area contributed by atoms with E-state index in [1.807, 2.05) is 0 Å². The van der Waals surface area contributed by atoms with Gasteiger partial charge in [0.05, 0.1) is 0 Å². The predicted molar refractivity (Wildman–Crippen MR) is 88.5 cm³/mol. The third kappa shape index (κ3) is 4.89. The molecule has 0 unspecified atom stereocenters. The van der Waals surface area contributed by atoms with Gasteiger partial charge in [-0.15, -0.1) is 0 Å². The van der Waals surface area contributed by atoms with Crippen LogP contribution < -0.4 is 0 Å². The number of rotatable bonds is 1. The highest BCUT2D eigenvalue weighted by atomic mass is 35.6. The molecule has 0 atom stereocenters. The molecule has 20 heavy (non-hydrogen) atoms. The first-order valence-electron chi connectivity index (χ1n) is 4.75. The van der Waals surface area contributed by atoms with Crippen LogP contribution >= 0.6 is 104 Å². The second kappa shape index (κ2) is 6.73. The van der Waals surface area contributed by atoms with Crippen LogP contribution in [0.15, 0.2) is 12.1 Å². The lowest BCUT2D eigenvalue weighted by atomic mass is 9.99. The summed E-state index contributed by atoms with van der Waals surface area (Å²) in [5.41, 5.74) is 0.149. The van der Waals surface area contributed by atoms with Crippen LogP contribution in [0.25, 0.3) is 0 Å². The molecule has 0 aliphatic rings. The molecule has 0 N–H and O–H groups in total. The fraction of sp³-hybridized carbons (Fsp3) is 0.400. The van der Waals surface area contributed by atoms with Crippen molar-refractivity contribution >= 4 is 104 Å². The van der Waals surface area contributed by atoms with Gasteiger partial charge in [-0.1, -0.05) is 104 Å². The molecular weight excluding hydrogens is 455 g/mol. The lowest BCUT2D eigenvalue weighted by Crippen LogP contribution is -2.16. The topological polar surface area (TPSA) is 19.9 Å². The molecule has 1 rings (SSSR count). The fourth-order valence-corrected chi connectivity index (χ4v) is 2.84. The Labute approximate surface area is 160 Å². The summed E-state index contributed by atoms with van der Waals surface area (Å²) in [7, 11) is 0. The van der Waals surface area contributed by atoms with Crippen molar-refractivity contribution in [3.05, 3.63) is 34.4 Å². The summed E-state index contributed by atoms with van der Waals surface area (Å²) in [6.07, 6.45) is 0. The number of alkyl halides is 9. The van der Waals surface area contributed by atoms with E-state index < -0.39 is 18.0 Å². The van der Waals surface area contributed by atoms with Crippen molar-refractivity contribution in [1.29, 1.82) is 0 Å². The van der Waals surface area contributed by atoms with Gasteiger partial charge in [-0.2, -0.15) is 0 Å². The van der Waals surface area contributed by atoms with Crippen LogP contribution in [-0.2, 0) is 23.1 Å². The first kappa shape index (κ1) is 19.8. The SMILES string of the molecule is [O]Cc1c(C(Cl)(Cl)Cl)cc(C(Cl)(Cl)Cl)cc1C(Cl)(Cl)Cl. The molecule has 0 saturated carbocycles. The van der Waals surface area contributed by atoms with Gasteiger partial charge < -0.3 is 0 Å². The zero-order chi connectivity index (χ0) is 15.9. The van der Waals surface area contributed by atoms with Crippen LogP contribution in [0.5, 0.6) is 0 Å². The van der Waals surface area contributed by atoms with Gasteiger partial charge in [0.25, 0.3) is 0 Å². The van der Waals surface area contributed by atoms with Crippen molar-refractivity contribution < 1.29 is 5.11 Å². The molecule has 0 aromatic heterocycles. The van der Waals surface area contributed by atoms with Crippen LogP contribution in [0, 0.1) is 0 Å². The van der Waals surface area contributed by atoms with E-state index in [0.717, 1.165) is 0 Å². The van der Waals surface area contributed by atoms with Crippen LogP contribution in [0.2, 0.25) is 0 Å². The molecule has 0 spiro atoms. The van der Waals surface area contributed by atoms with Gasteiger partial charge in [0, 0.05) is 16.7 Å². The Bertz CT molecular complexity index is 460. The molecule has 1 aromatic carbocycles. The highest BCUT2D eigenvalue weighted by Gasteiger charge is 2.37. The van der Waals surface area contributed by atoms with E-state index in [-0.39, 0.29) is 22.3 Å². The summed E-state index contributed by atoms with van der Waals surface area (Å²) < 4.78 is -5.70. The van der Waals surface area contributed by atoms with Crippen LogP contribution in [0.4, 0.5) is 0 Å². The monoisotopic (exact) mass is 455 g/mol. The first-order chi connectivity index (χ1) is 8.78. The largest absolute Gasteiger partial charge is 0.232 e. The molecule has 0 amide bonds. The van der Waals surface area contributed by atoms with Crippen LogP contribution in [0.3, 0.4) is 0 Å². The average molecular weight is 459 g/mol. The van der Waals surface area contributed by atoms with Gasteiger partial charge in [0.2, 0.25) is 11.4 Å². The molecule has 0 heterocycles.